The van der Waals surface area contributed by atoms with Crippen LogP contribution in [0, 0.1) is 69.2 Å². The normalized spacial score (nSPS) is 8.69. The van der Waals surface area contributed by atoms with Crippen molar-refractivity contribution in [1.29, 1.82) is 0 Å². The fourth-order valence-corrected chi connectivity index (χ4v) is 4.68. The Labute approximate surface area is 355 Å². The first-order valence-electron chi connectivity index (χ1n) is 21.2. The molecule has 0 saturated carbocycles. The van der Waals surface area contributed by atoms with Crippen molar-refractivity contribution in [2.75, 3.05) is 0 Å². The summed E-state index contributed by atoms with van der Waals surface area (Å²) in [6, 6.07) is 30.8. The molecular weight excluding hydrogens is 707 g/mol. The summed E-state index contributed by atoms with van der Waals surface area (Å²) in [6.07, 6.45) is 7.45. The largest absolute Gasteiger partial charge is 0.261 e. The van der Waals surface area contributed by atoms with Crippen LogP contribution in [0.15, 0.2) is 116 Å². The highest BCUT2D eigenvalue weighted by molar-refractivity contribution is 5.85. The molecule has 0 spiro atoms. The highest BCUT2D eigenvalue weighted by atomic mass is 14.7. The number of aromatic nitrogens is 5. The van der Waals surface area contributed by atoms with E-state index in [1.54, 1.807) is 0 Å². The molecule has 5 nitrogen and oxygen atoms in total. The van der Waals surface area contributed by atoms with Crippen molar-refractivity contribution in [1.82, 2.24) is 24.9 Å². The van der Waals surface area contributed by atoms with Crippen LogP contribution in [0.1, 0.15) is 125 Å². The lowest BCUT2D eigenvalue weighted by Gasteiger charge is -2.02. The summed E-state index contributed by atoms with van der Waals surface area (Å²) in [5.41, 5.74) is 14.1. The van der Waals surface area contributed by atoms with Crippen molar-refractivity contribution < 1.29 is 0 Å². The van der Waals surface area contributed by atoms with Crippen molar-refractivity contribution in [3.05, 3.63) is 172 Å². The van der Waals surface area contributed by atoms with Gasteiger partial charge in [0.1, 0.15) is 0 Å². The third-order valence-electron chi connectivity index (χ3n) is 7.53. The predicted molar refractivity (Wildman–Crippen MR) is 260 cm³/mol. The molecule has 5 aromatic heterocycles. The minimum atomic E-state index is 1.08. The van der Waals surface area contributed by atoms with Crippen LogP contribution in [0.25, 0.3) is 21.8 Å². The monoisotopic (exact) mass is 786 g/mol. The van der Waals surface area contributed by atoms with Crippen molar-refractivity contribution in [3.63, 3.8) is 0 Å². The quantitative estimate of drug-likeness (QED) is 0.153. The van der Waals surface area contributed by atoms with Crippen molar-refractivity contribution in [3.8, 4) is 0 Å². The first-order chi connectivity index (χ1) is 27.9. The number of hydrogen-bond acceptors (Lipinski definition) is 5. The van der Waals surface area contributed by atoms with E-state index in [1.807, 2.05) is 178 Å². The second-order valence-electron chi connectivity index (χ2n) is 12.1. The molecule has 0 fully saturated rings. The molecule has 0 bridgehead atoms. The Bertz CT molecular complexity index is 1790. The van der Waals surface area contributed by atoms with Gasteiger partial charge in [0, 0.05) is 58.3 Å². The number of pyridine rings is 5. The third-order valence-corrected chi connectivity index (χ3v) is 7.53. The number of nitrogens with zero attached hydrogens (tertiary/aromatic N) is 5. The summed E-state index contributed by atoms with van der Waals surface area (Å²) >= 11 is 0. The van der Waals surface area contributed by atoms with E-state index in [9.17, 15) is 0 Å². The molecule has 2 aromatic carbocycles. The zero-order valence-electron chi connectivity index (χ0n) is 40.2. The highest BCUT2D eigenvalue weighted by Crippen LogP contribution is 2.19. The van der Waals surface area contributed by atoms with Crippen molar-refractivity contribution >= 4 is 21.8 Å². The number of aryl methyl sites for hydroxylation is 10. The lowest BCUT2D eigenvalue weighted by atomic mass is 10.1. The molecule has 58 heavy (non-hydrogen) atoms. The number of rotatable bonds is 0. The summed E-state index contributed by atoms with van der Waals surface area (Å²) in [6.45, 7) is 40.4. The van der Waals surface area contributed by atoms with Gasteiger partial charge in [-0.3, -0.25) is 24.9 Å². The van der Waals surface area contributed by atoms with E-state index < -0.39 is 0 Å². The average molecular weight is 786 g/mol. The molecule has 0 atom stereocenters. The maximum absolute atomic E-state index is 4.34. The molecule has 0 radical (unpaired) electrons. The fourth-order valence-electron chi connectivity index (χ4n) is 4.68. The van der Waals surface area contributed by atoms with Crippen LogP contribution >= 0.6 is 0 Å². The molecule has 316 valence electrons. The molecule has 7 rings (SSSR count). The van der Waals surface area contributed by atoms with Gasteiger partial charge in [-0.15, -0.1) is 0 Å². The van der Waals surface area contributed by atoms with Crippen LogP contribution in [0.5, 0.6) is 0 Å². The van der Waals surface area contributed by atoms with Crippen molar-refractivity contribution in [2.45, 2.75) is 138 Å². The Kier molecular flexibility index (Phi) is 35.5. The number of para-hydroxylation sites is 1. The van der Waals surface area contributed by atoms with Crippen LogP contribution < -0.4 is 0 Å². The SMILES string of the molecule is CC.CC.CC.CC.CC.Cc1ccc(C)c2ncccc12.Cc1ccc(C)nc1.Cc1ccc(C)nc1.Cc1cccc(C)n1.Cc1ccnc2c(C)cccc12. The van der Waals surface area contributed by atoms with Gasteiger partial charge in [-0.1, -0.05) is 124 Å². The fraction of sp³-hybridized carbons (Fsp3) is 0.377. The zero-order chi connectivity index (χ0) is 45.1. The van der Waals surface area contributed by atoms with E-state index in [0.717, 1.165) is 33.8 Å². The van der Waals surface area contributed by atoms with E-state index in [-0.39, 0.29) is 0 Å². The third kappa shape index (κ3) is 23.7. The van der Waals surface area contributed by atoms with E-state index >= 15 is 0 Å². The van der Waals surface area contributed by atoms with Crippen LogP contribution in [0.3, 0.4) is 0 Å². The Morgan fingerprint density at radius 1 is 0.293 bits per heavy atom. The molecule has 0 unspecified atom stereocenters. The molecule has 0 saturated heterocycles. The number of fused-ring (bicyclic) bond motifs is 2. The molecule has 5 heterocycles. The molecular formula is C53H79N5. The summed E-state index contributed by atoms with van der Waals surface area (Å²) in [4.78, 5) is 21.0. The predicted octanol–water partition coefficient (Wildman–Crippen LogP) is 15.9. The van der Waals surface area contributed by atoms with E-state index in [0.29, 0.717) is 0 Å². The molecule has 0 aliphatic heterocycles. The van der Waals surface area contributed by atoms with E-state index in [4.69, 9.17) is 0 Å². The van der Waals surface area contributed by atoms with Gasteiger partial charge in [0.25, 0.3) is 0 Å². The van der Waals surface area contributed by atoms with E-state index in [2.05, 4.69) is 101 Å². The maximum atomic E-state index is 4.34. The molecule has 0 aliphatic rings. The topological polar surface area (TPSA) is 64.5 Å². The Morgan fingerprint density at radius 3 is 1.05 bits per heavy atom. The van der Waals surface area contributed by atoms with Gasteiger partial charge < -0.3 is 0 Å². The second kappa shape index (κ2) is 36.1. The summed E-state index contributed by atoms with van der Waals surface area (Å²) in [5.74, 6) is 0. The summed E-state index contributed by atoms with van der Waals surface area (Å²) < 4.78 is 0. The van der Waals surface area contributed by atoms with Crippen molar-refractivity contribution in [2.24, 2.45) is 0 Å². The van der Waals surface area contributed by atoms with Gasteiger partial charge in [0.15, 0.2) is 0 Å². The van der Waals surface area contributed by atoms with Gasteiger partial charge in [0.2, 0.25) is 0 Å². The molecule has 5 heteroatoms. The van der Waals surface area contributed by atoms with Crippen LogP contribution in [0.4, 0.5) is 0 Å². The second-order valence-corrected chi connectivity index (χ2v) is 12.1. The van der Waals surface area contributed by atoms with Gasteiger partial charge in [0.05, 0.1) is 11.0 Å². The molecule has 7 aromatic rings. The number of hydrogen-bond donors (Lipinski definition) is 0. The smallest absolute Gasteiger partial charge is 0.0733 e. The molecule has 0 aliphatic carbocycles. The summed E-state index contributed by atoms with van der Waals surface area (Å²) in [7, 11) is 0. The number of benzene rings is 2. The zero-order valence-corrected chi connectivity index (χ0v) is 40.2. The minimum absolute atomic E-state index is 1.08. The van der Waals surface area contributed by atoms with Gasteiger partial charge >= 0.3 is 0 Å². The minimum Gasteiger partial charge on any atom is -0.261 e. The van der Waals surface area contributed by atoms with Crippen LogP contribution in [-0.4, -0.2) is 24.9 Å². The Morgan fingerprint density at radius 2 is 0.672 bits per heavy atom. The van der Waals surface area contributed by atoms with Gasteiger partial charge in [-0.05, 0) is 139 Å². The maximum Gasteiger partial charge on any atom is 0.0733 e. The summed E-state index contributed by atoms with van der Waals surface area (Å²) in [5, 5.41) is 2.52. The van der Waals surface area contributed by atoms with Crippen LogP contribution in [-0.2, 0) is 0 Å². The van der Waals surface area contributed by atoms with E-state index in [1.165, 1.54) is 44.2 Å². The average Bonchev–Trinajstić information content (AvgIpc) is 3.26. The lowest BCUT2D eigenvalue weighted by molar-refractivity contribution is 1.12. The lowest BCUT2D eigenvalue weighted by Crippen LogP contribution is -1.84. The first-order valence-corrected chi connectivity index (χ1v) is 21.2. The van der Waals surface area contributed by atoms with Gasteiger partial charge in [-0.25, -0.2) is 0 Å². The van der Waals surface area contributed by atoms with Crippen LogP contribution in [0.2, 0.25) is 0 Å². The van der Waals surface area contributed by atoms with Gasteiger partial charge in [-0.2, -0.15) is 0 Å². The first kappa shape index (κ1) is 57.0. The molecule has 0 N–H and O–H groups in total. The Balaban J connectivity index is -0.000000624. The molecule has 0 amide bonds. The standard InChI is InChI=1S/2C11H11N.3C7H9N.5C2H6/c1-8-5-6-9(2)11-10(8)4-3-7-12-11;1-8-6-7-12-11-9(2)4-3-5-10(8)11;2*1-6-3-4-7(2)8-5-6;1-6-4-3-5-7(2)8-6;5*1-2/h2*3-7H,1-2H3;3*3-5H,1-2H3;5*1-2H3. The highest BCUT2D eigenvalue weighted by Gasteiger charge is 1.99. The Hall–Kier alpha value is -5.29.